The molecule has 2 aliphatic heterocycles. The van der Waals surface area contributed by atoms with Crippen molar-refractivity contribution in [2.45, 2.75) is 37.6 Å². The fourth-order valence-corrected chi connectivity index (χ4v) is 4.86. The topological polar surface area (TPSA) is 69.7 Å². The Morgan fingerprint density at radius 3 is 2.78 bits per heavy atom. The van der Waals surface area contributed by atoms with Crippen LogP contribution in [-0.2, 0) is 21.2 Å². The van der Waals surface area contributed by atoms with Crippen molar-refractivity contribution in [3.05, 3.63) is 23.8 Å². The smallest absolute Gasteiger partial charge is 0.243 e. The van der Waals surface area contributed by atoms with E-state index in [2.05, 4.69) is 5.32 Å². The number of amides is 1. The van der Waals surface area contributed by atoms with Gasteiger partial charge in [0.1, 0.15) is 0 Å². The van der Waals surface area contributed by atoms with E-state index in [1.165, 1.54) is 11.2 Å². The molecular weight excluding hydrogens is 314 g/mol. The number of nitrogens with zero attached hydrogens (tertiary/aromatic N) is 2. The van der Waals surface area contributed by atoms with Gasteiger partial charge in [-0.25, -0.2) is 8.42 Å². The quantitative estimate of drug-likeness (QED) is 0.873. The maximum Gasteiger partial charge on any atom is 0.243 e. The number of anilines is 1. The summed E-state index contributed by atoms with van der Waals surface area (Å²) in [5.74, 6) is -0.0451. The summed E-state index contributed by atoms with van der Waals surface area (Å²) in [7, 11) is -3.52. The molecule has 3 rings (SSSR count). The van der Waals surface area contributed by atoms with Crippen molar-refractivity contribution in [3.8, 4) is 0 Å². The van der Waals surface area contributed by atoms with Crippen LogP contribution in [-0.4, -0.2) is 50.9 Å². The third-order valence-electron chi connectivity index (χ3n) is 4.52. The molecule has 1 N–H and O–H groups in total. The second-order valence-electron chi connectivity index (χ2n) is 6.28. The Morgan fingerprint density at radius 1 is 1.30 bits per heavy atom. The zero-order valence-corrected chi connectivity index (χ0v) is 14.4. The highest BCUT2D eigenvalue weighted by Gasteiger charge is 2.30. The van der Waals surface area contributed by atoms with Gasteiger partial charge in [-0.2, -0.15) is 4.31 Å². The highest BCUT2D eigenvalue weighted by molar-refractivity contribution is 7.89. The van der Waals surface area contributed by atoms with E-state index in [0.717, 1.165) is 24.1 Å². The summed E-state index contributed by atoms with van der Waals surface area (Å²) in [6.07, 6.45) is 1.79. The van der Waals surface area contributed by atoms with Gasteiger partial charge in [0.2, 0.25) is 15.9 Å². The van der Waals surface area contributed by atoms with E-state index in [1.54, 1.807) is 17.0 Å². The number of hydrogen-bond donors (Lipinski definition) is 1. The SMILES string of the molecule is CC(=O)N1CCCc2ccc(S(=O)(=O)N3CCN[C@H](C)C3)cc21. The first kappa shape index (κ1) is 16.4. The highest BCUT2D eigenvalue weighted by atomic mass is 32.2. The summed E-state index contributed by atoms with van der Waals surface area (Å²) < 4.78 is 27.3. The molecule has 1 amide bonds. The maximum atomic E-state index is 12.9. The Hall–Kier alpha value is -1.44. The largest absolute Gasteiger partial charge is 0.312 e. The van der Waals surface area contributed by atoms with E-state index >= 15 is 0 Å². The van der Waals surface area contributed by atoms with Crippen LogP contribution in [0.1, 0.15) is 25.8 Å². The number of carbonyl (C=O) groups is 1. The van der Waals surface area contributed by atoms with Crippen LogP contribution >= 0.6 is 0 Å². The molecule has 1 fully saturated rings. The molecule has 0 aromatic heterocycles. The molecule has 2 heterocycles. The fraction of sp³-hybridized carbons (Fsp3) is 0.562. The molecule has 1 aromatic rings. The van der Waals surface area contributed by atoms with Crippen LogP contribution in [0.15, 0.2) is 23.1 Å². The lowest BCUT2D eigenvalue weighted by Crippen LogP contribution is -2.51. The molecule has 0 bridgehead atoms. The Morgan fingerprint density at radius 2 is 2.09 bits per heavy atom. The zero-order chi connectivity index (χ0) is 16.6. The molecule has 0 spiro atoms. The van der Waals surface area contributed by atoms with E-state index in [-0.39, 0.29) is 16.8 Å². The van der Waals surface area contributed by atoms with Crippen molar-refractivity contribution in [2.24, 2.45) is 0 Å². The molecule has 0 saturated carbocycles. The zero-order valence-electron chi connectivity index (χ0n) is 13.6. The summed E-state index contributed by atoms with van der Waals surface area (Å²) >= 11 is 0. The van der Waals surface area contributed by atoms with Gasteiger partial charge in [0, 0.05) is 44.8 Å². The average Bonchev–Trinajstić information content (AvgIpc) is 2.53. The molecule has 7 heteroatoms. The van der Waals surface area contributed by atoms with Gasteiger partial charge in [-0.1, -0.05) is 6.07 Å². The van der Waals surface area contributed by atoms with Crippen molar-refractivity contribution < 1.29 is 13.2 Å². The molecular formula is C16H23N3O3S. The van der Waals surface area contributed by atoms with Gasteiger partial charge in [-0.05, 0) is 37.5 Å². The summed E-state index contributed by atoms with van der Waals surface area (Å²) in [4.78, 5) is 13.8. The van der Waals surface area contributed by atoms with Crippen molar-refractivity contribution in [1.82, 2.24) is 9.62 Å². The minimum atomic E-state index is -3.52. The van der Waals surface area contributed by atoms with E-state index in [9.17, 15) is 13.2 Å². The van der Waals surface area contributed by atoms with Crippen LogP contribution in [0.4, 0.5) is 5.69 Å². The summed E-state index contributed by atoms with van der Waals surface area (Å²) in [6.45, 7) is 5.75. The second kappa shape index (κ2) is 6.22. The third-order valence-corrected chi connectivity index (χ3v) is 6.39. The lowest BCUT2D eigenvalue weighted by molar-refractivity contribution is -0.116. The third kappa shape index (κ3) is 3.13. The second-order valence-corrected chi connectivity index (χ2v) is 8.22. The van der Waals surface area contributed by atoms with Crippen molar-refractivity contribution in [3.63, 3.8) is 0 Å². The number of sulfonamides is 1. The monoisotopic (exact) mass is 337 g/mol. The first-order chi connectivity index (χ1) is 10.9. The van der Waals surface area contributed by atoms with Crippen LogP contribution in [0.3, 0.4) is 0 Å². The van der Waals surface area contributed by atoms with Crippen molar-refractivity contribution in [2.75, 3.05) is 31.1 Å². The molecule has 23 heavy (non-hydrogen) atoms. The predicted molar refractivity (Wildman–Crippen MR) is 89.0 cm³/mol. The van der Waals surface area contributed by atoms with Crippen molar-refractivity contribution >= 4 is 21.6 Å². The van der Waals surface area contributed by atoms with E-state index in [1.807, 2.05) is 13.0 Å². The summed E-state index contributed by atoms with van der Waals surface area (Å²) in [5.41, 5.74) is 1.78. The first-order valence-electron chi connectivity index (χ1n) is 8.04. The van der Waals surface area contributed by atoms with Crippen LogP contribution in [0.5, 0.6) is 0 Å². The average molecular weight is 337 g/mol. The van der Waals surface area contributed by atoms with E-state index < -0.39 is 10.0 Å². The first-order valence-corrected chi connectivity index (χ1v) is 9.48. The molecule has 1 atom stereocenters. The maximum absolute atomic E-state index is 12.9. The van der Waals surface area contributed by atoms with Crippen LogP contribution in [0.2, 0.25) is 0 Å². The predicted octanol–water partition coefficient (Wildman–Crippen LogP) is 0.968. The molecule has 0 aliphatic carbocycles. The molecule has 126 valence electrons. The van der Waals surface area contributed by atoms with E-state index in [0.29, 0.717) is 26.2 Å². The van der Waals surface area contributed by atoms with Crippen LogP contribution in [0, 0.1) is 0 Å². The lowest BCUT2D eigenvalue weighted by Gasteiger charge is -2.32. The van der Waals surface area contributed by atoms with Gasteiger partial charge >= 0.3 is 0 Å². The van der Waals surface area contributed by atoms with Gasteiger partial charge in [-0.15, -0.1) is 0 Å². The number of benzene rings is 1. The van der Waals surface area contributed by atoms with Crippen LogP contribution in [0.25, 0.3) is 0 Å². The van der Waals surface area contributed by atoms with Gasteiger partial charge in [0.15, 0.2) is 0 Å². The molecule has 0 unspecified atom stereocenters. The Kier molecular flexibility index (Phi) is 4.44. The number of nitrogens with one attached hydrogen (secondary N) is 1. The number of hydrogen-bond acceptors (Lipinski definition) is 4. The van der Waals surface area contributed by atoms with Gasteiger partial charge < -0.3 is 10.2 Å². The Labute approximate surface area is 137 Å². The van der Waals surface area contributed by atoms with Gasteiger partial charge in [0.05, 0.1) is 4.90 Å². The fourth-order valence-electron chi connectivity index (χ4n) is 3.31. The summed E-state index contributed by atoms with van der Waals surface area (Å²) in [6, 6.07) is 5.33. The number of aryl methyl sites for hydroxylation is 1. The van der Waals surface area contributed by atoms with Gasteiger partial charge in [0.25, 0.3) is 0 Å². The number of rotatable bonds is 2. The Balaban J connectivity index is 1.97. The normalized spacial score (nSPS) is 22.7. The lowest BCUT2D eigenvalue weighted by atomic mass is 10.0. The molecule has 1 aromatic carbocycles. The standard InChI is InChI=1S/C16H23N3O3S/c1-12-11-18(9-7-17-12)23(21,22)15-6-5-14-4-3-8-19(13(2)20)16(14)10-15/h5-6,10,12,17H,3-4,7-9,11H2,1-2H3/t12-/m1/s1. The van der Waals surface area contributed by atoms with Gasteiger partial charge in [-0.3, -0.25) is 4.79 Å². The van der Waals surface area contributed by atoms with E-state index in [4.69, 9.17) is 0 Å². The molecule has 6 nitrogen and oxygen atoms in total. The van der Waals surface area contributed by atoms with Crippen LogP contribution < -0.4 is 10.2 Å². The minimum absolute atomic E-state index is 0.0451. The summed E-state index contributed by atoms with van der Waals surface area (Å²) in [5, 5.41) is 3.25. The molecule has 1 saturated heterocycles. The highest BCUT2D eigenvalue weighted by Crippen LogP contribution is 2.31. The van der Waals surface area contributed by atoms with Crippen molar-refractivity contribution in [1.29, 1.82) is 0 Å². The number of fused-ring (bicyclic) bond motifs is 1. The molecule has 0 radical (unpaired) electrons. The number of piperazine rings is 1. The minimum Gasteiger partial charge on any atom is -0.312 e. The molecule has 2 aliphatic rings. The number of carbonyl (C=O) groups excluding carboxylic acids is 1. The Bertz CT molecular complexity index is 717.